The molecule has 0 aromatic rings. The molecule has 0 heterocycles. The third-order valence-electron chi connectivity index (χ3n) is 2.82. The van der Waals surface area contributed by atoms with E-state index in [4.69, 9.17) is 14.6 Å². The Hall–Kier alpha value is -1.85. The van der Waals surface area contributed by atoms with Crippen LogP contribution in [-0.2, 0) is 23.9 Å². The Morgan fingerprint density at radius 2 is 1.59 bits per heavy atom. The molecule has 0 aromatic heterocycles. The molecule has 0 spiro atoms. The van der Waals surface area contributed by atoms with Gasteiger partial charge in [0.05, 0.1) is 0 Å². The van der Waals surface area contributed by atoms with E-state index >= 15 is 0 Å². The van der Waals surface area contributed by atoms with Gasteiger partial charge in [-0.2, -0.15) is 0 Å². The number of carboxylic acid groups (broad SMARTS) is 1. The van der Waals surface area contributed by atoms with Gasteiger partial charge in [-0.15, -0.1) is 0 Å². The summed E-state index contributed by atoms with van der Waals surface area (Å²) < 4.78 is 10.3. The lowest BCUT2D eigenvalue weighted by Gasteiger charge is -2.24. The standard InChI is InChI=1S/C16H26O6/c1-12(2)15(20)22-16(3,4)11-21-14(19)10-8-6-5-7-9-13(17)18/h1,5-11H2,2-4H3,(H,17,18). The van der Waals surface area contributed by atoms with Gasteiger partial charge >= 0.3 is 17.9 Å². The molecule has 0 fully saturated rings. The van der Waals surface area contributed by atoms with Gasteiger partial charge in [-0.05, 0) is 33.6 Å². The average molecular weight is 314 g/mol. The molecule has 126 valence electrons. The van der Waals surface area contributed by atoms with E-state index in [1.54, 1.807) is 20.8 Å². The van der Waals surface area contributed by atoms with Crippen LogP contribution < -0.4 is 0 Å². The fourth-order valence-corrected chi connectivity index (χ4v) is 1.59. The lowest BCUT2D eigenvalue weighted by Crippen LogP contribution is -2.34. The molecule has 0 rings (SSSR count). The number of aliphatic carboxylic acids is 1. The predicted octanol–water partition coefficient (Wildman–Crippen LogP) is 2.85. The van der Waals surface area contributed by atoms with Crippen LogP contribution in [0, 0.1) is 0 Å². The van der Waals surface area contributed by atoms with Crippen molar-refractivity contribution in [1.82, 2.24) is 0 Å². The normalized spacial score (nSPS) is 10.9. The van der Waals surface area contributed by atoms with Crippen molar-refractivity contribution in [3.8, 4) is 0 Å². The molecule has 1 N–H and O–H groups in total. The van der Waals surface area contributed by atoms with Crippen molar-refractivity contribution in [2.45, 2.75) is 64.9 Å². The van der Waals surface area contributed by atoms with Gasteiger partial charge in [0.2, 0.25) is 0 Å². The highest BCUT2D eigenvalue weighted by atomic mass is 16.6. The Morgan fingerprint density at radius 3 is 2.09 bits per heavy atom. The zero-order chi connectivity index (χ0) is 17.2. The van der Waals surface area contributed by atoms with Gasteiger partial charge in [-0.1, -0.05) is 19.4 Å². The first-order chi connectivity index (χ1) is 10.1. The lowest BCUT2D eigenvalue weighted by atomic mass is 10.1. The first kappa shape index (κ1) is 20.1. The highest BCUT2D eigenvalue weighted by Gasteiger charge is 2.25. The van der Waals surface area contributed by atoms with Crippen LogP contribution in [0.25, 0.3) is 0 Å². The number of hydrogen-bond acceptors (Lipinski definition) is 5. The minimum absolute atomic E-state index is 0.0101. The van der Waals surface area contributed by atoms with Gasteiger partial charge < -0.3 is 14.6 Å². The number of ether oxygens (including phenoxy) is 2. The minimum atomic E-state index is -0.896. The molecule has 0 aliphatic carbocycles. The average Bonchev–Trinajstić information content (AvgIpc) is 2.39. The highest BCUT2D eigenvalue weighted by molar-refractivity contribution is 5.87. The van der Waals surface area contributed by atoms with Gasteiger partial charge in [0, 0.05) is 18.4 Å². The van der Waals surface area contributed by atoms with Crippen molar-refractivity contribution in [1.29, 1.82) is 0 Å². The van der Waals surface area contributed by atoms with Gasteiger partial charge in [0.15, 0.2) is 0 Å². The maximum atomic E-state index is 11.6. The second-order valence-corrected chi connectivity index (χ2v) is 5.90. The molecule has 0 unspecified atom stereocenters. The molecule has 0 radical (unpaired) electrons. The predicted molar refractivity (Wildman–Crippen MR) is 81.3 cm³/mol. The fraction of sp³-hybridized carbons (Fsp3) is 0.688. The Labute approximate surface area is 131 Å². The molecule has 0 saturated heterocycles. The molecule has 6 heteroatoms. The minimum Gasteiger partial charge on any atom is -0.481 e. The Morgan fingerprint density at radius 1 is 1.05 bits per heavy atom. The fourth-order valence-electron chi connectivity index (χ4n) is 1.59. The first-order valence-electron chi connectivity index (χ1n) is 7.40. The maximum Gasteiger partial charge on any atom is 0.333 e. The largest absolute Gasteiger partial charge is 0.481 e. The van der Waals surface area contributed by atoms with Crippen molar-refractivity contribution in [3.63, 3.8) is 0 Å². The molecule has 0 aliphatic heterocycles. The monoisotopic (exact) mass is 314 g/mol. The number of hydrogen-bond donors (Lipinski definition) is 1. The van der Waals surface area contributed by atoms with E-state index < -0.39 is 17.5 Å². The van der Waals surface area contributed by atoms with E-state index in [1.807, 2.05) is 0 Å². The number of carboxylic acids is 1. The number of rotatable bonds is 11. The Bertz CT molecular complexity index is 411. The molecule has 0 bridgehead atoms. The van der Waals surface area contributed by atoms with E-state index in [0.717, 1.165) is 12.8 Å². The summed E-state index contributed by atoms with van der Waals surface area (Å²) in [5, 5.41) is 8.49. The lowest BCUT2D eigenvalue weighted by molar-refractivity contribution is -0.165. The van der Waals surface area contributed by atoms with Crippen molar-refractivity contribution in [2.75, 3.05) is 6.61 Å². The van der Waals surface area contributed by atoms with E-state index in [9.17, 15) is 14.4 Å². The Kier molecular flexibility index (Phi) is 9.13. The third kappa shape index (κ3) is 10.9. The number of carbonyl (C=O) groups excluding carboxylic acids is 2. The summed E-state index contributed by atoms with van der Waals surface area (Å²) >= 11 is 0. The van der Waals surface area contributed by atoms with Gasteiger partial charge in [0.1, 0.15) is 12.2 Å². The first-order valence-corrected chi connectivity index (χ1v) is 7.40. The second kappa shape index (κ2) is 9.97. The molecule has 6 nitrogen and oxygen atoms in total. The number of unbranched alkanes of at least 4 members (excludes halogenated alkanes) is 3. The summed E-state index contributed by atoms with van der Waals surface area (Å²) in [5.41, 5.74) is -0.603. The molecule has 0 aromatic carbocycles. The van der Waals surface area contributed by atoms with Gasteiger partial charge in [0.25, 0.3) is 0 Å². The van der Waals surface area contributed by atoms with Gasteiger partial charge in [-0.3, -0.25) is 9.59 Å². The summed E-state index contributed by atoms with van der Waals surface area (Å²) in [4.78, 5) is 33.3. The summed E-state index contributed by atoms with van der Waals surface area (Å²) in [6.07, 6.45) is 3.28. The molecule has 0 amide bonds. The molecular formula is C16H26O6. The van der Waals surface area contributed by atoms with Crippen LogP contribution >= 0.6 is 0 Å². The molecule has 0 saturated carbocycles. The van der Waals surface area contributed by atoms with Crippen LogP contribution in [0.15, 0.2) is 12.2 Å². The summed E-state index contributed by atoms with van der Waals surface area (Å²) in [6, 6.07) is 0. The summed E-state index contributed by atoms with van der Waals surface area (Å²) in [6.45, 7) is 8.35. The van der Waals surface area contributed by atoms with Crippen LogP contribution in [0.3, 0.4) is 0 Å². The number of carbonyl (C=O) groups is 3. The Balaban J connectivity index is 3.81. The van der Waals surface area contributed by atoms with Crippen molar-refractivity contribution >= 4 is 17.9 Å². The zero-order valence-corrected chi connectivity index (χ0v) is 13.6. The van der Waals surface area contributed by atoms with E-state index in [1.165, 1.54) is 0 Å². The van der Waals surface area contributed by atoms with Gasteiger partial charge in [-0.25, -0.2) is 4.79 Å². The maximum absolute atomic E-state index is 11.6. The molecular weight excluding hydrogens is 288 g/mol. The highest BCUT2D eigenvalue weighted by Crippen LogP contribution is 2.13. The van der Waals surface area contributed by atoms with Crippen molar-refractivity contribution in [3.05, 3.63) is 12.2 Å². The van der Waals surface area contributed by atoms with E-state index in [-0.39, 0.29) is 25.4 Å². The molecule has 0 aliphatic rings. The van der Waals surface area contributed by atoms with Crippen LogP contribution in [0.4, 0.5) is 0 Å². The summed E-state index contributed by atoms with van der Waals surface area (Å²) in [7, 11) is 0. The molecule has 22 heavy (non-hydrogen) atoms. The quantitative estimate of drug-likeness (QED) is 0.358. The third-order valence-corrected chi connectivity index (χ3v) is 2.82. The topological polar surface area (TPSA) is 89.9 Å². The second-order valence-electron chi connectivity index (χ2n) is 5.90. The van der Waals surface area contributed by atoms with Crippen LogP contribution in [0.1, 0.15) is 59.3 Å². The molecule has 0 atom stereocenters. The van der Waals surface area contributed by atoms with E-state index in [0.29, 0.717) is 18.4 Å². The number of esters is 2. The van der Waals surface area contributed by atoms with Crippen molar-refractivity contribution < 1.29 is 29.0 Å². The van der Waals surface area contributed by atoms with Crippen LogP contribution in [0.5, 0.6) is 0 Å². The SMILES string of the molecule is C=C(C)C(=O)OC(C)(C)COC(=O)CCCCCCC(=O)O. The van der Waals surface area contributed by atoms with E-state index in [2.05, 4.69) is 6.58 Å². The van der Waals surface area contributed by atoms with Crippen LogP contribution in [0.2, 0.25) is 0 Å². The zero-order valence-electron chi connectivity index (χ0n) is 13.6. The van der Waals surface area contributed by atoms with Crippen molar-refractivity contribution in [2.24, 2.45) is 0 Å². The summed E-state index contributed by atoms with van der Waals surface area (Å²) in [5.74, 6) is -1.66. The smallest absolute Gasteiger partial charge is 0.333 e. The van der Waals surface area contributed by atoms with Crippen LogP contribution in [-0.4, -0.2) is 35.2 Å².